The fourth-order valence-electron chi connectivity index (χ4n) is 6.59. The predicted molar refractivity (Wildman–Crippen MR) is 185 cm³/mol. The van der Waals surface area contributed by atoms with Gasteiger partial charge in [-0.05, 0) is 60.1 Å². The molecule has 2 aliphatic heterocycles. The summed E-state index contributed by atoms with van der Waals surface area (Å²) in [6.07, 6.45) is 0.956. The van der Waals surface area contributed by atoms with Crippen molar-refractivity contribution in [3.63, 3.8) is 0 Å². The van der Waals surface area contributed by atoms with Gasteiger partial charge in [-0.1, -0.05) is 24.3 Å². The van der Waals surface area contributed by atoms with Crippen LogP contribution in [0.25, 0.3) is 0 Å². The van der Waals surface area contributed by atoms with Crippen molar-refractivity contribution in [2.75, 3.05) is 25.5 Å². The number of nitrogens with zero attached hydrogens (tertiary/aromatic N) is 2. The Morgan fingerprint density at radius 2 is 1.77 bits per heavy atom. The number of aldehydes is 1. The van der Waals surface area contributed by atoms with E-state index >= 15 is 4.39 Å². The number of hydrogen-bond donors (Lipinski definition) is 3. The van der Waals surface area contributed by atoms with Crippen LogP contribution in [-0.4, -0.2) is 118 Å². The molecule has 2 aromatic rings. The first-order valence-corrected chi connectivity index (χ1v) is 15.2. The fraction of sp³-hybridized carbons (Fsp3) is 0.464. The highest BCUT2D eigenvalue weighted by Crippen LogP contribution is 2.54. The molecule has 2 heterocycles. The molecule has 0 bridgehead atoms. The summed E-state index contributed by atoms with van der Waals surface area (Å²) in [6.45, 7) is 6.33. The Hall–Kier alpha value is -2.79. The van der Waals surface area contributed by atoms with Crippen molar-refractivity contribution in [1.82, 2.24) is 15.1 Å². The van der Waals surface area contributed by atoms with E-state index in [2.05, 4.69) is 29.4 Å². The molecule has 2 saturated heterocycles. The molecule has 16 heteroatoms. The first kappa shape index (κ1) is 34.1. The molecule has 9 nitrogen and oxygen atoms in total. The minimum atomic E-state index is -2.08. The van der Waals surface area contributed by atoms with Crippen molar-refractivity contribution in [1.29, 1.82) is 0 Å². The van der Waals surface area contributed by atoms with Crippen LogP contribution in [0.5, 0.6) is 0 Å². The lowest BCUT2D eigenvalue weighted by Gasteiger charge is -2.57. The molecule has 3 unspecified atom stereocenters. The third-order valence-electron chi connectivity index (χ3n) is 9.88. The number of anilines is 1. The van der Waals surface area contributed by atoms with Crippen LogP contribution in [0.4, 0.5) is 10.1 Å². The Morgan fingerprint density at radius 3 is 2.39 bits per heavy atom. The molecule has 0 saturated carbocycles. The highest BCUT2D eigenvalue weighted by molar-refractivity contribution is 6.64. The van der Waals surface area contributed by atoms with E-state index in [1.807, 2.05) is 21.8 Å². The highest BCUT2D eigenvalue weighted by atomic mass is 19.1. The molecule has 3 N–H and O–H groups in total. The summed E-state index contributed by atoms with van der Waals surface area (Å²) in [7, 11) is 12.1. The molecule has 228 valence electrons. The molecular weight excluding hydrogens is 556 g/mol. The number of halogens is 1. The molecule has 4 rings (SSSR count). The van der Waals surface area contributed by atoms with Crippen LogP contribution < -0.4 is 10.6 Å². The van der Waals surface area contributed by atoms with Crippen LogP contribution in [-0.2, 0) is 32.8 Å². The molecule has 0 radical (unpaired) electrons. The molecule has 2 amide bonds. The monoisotopic (exact) mass is 598 g/mol. The lowest BCUT2D eigenvalue weighted by Crippen LogP contribution is -2.74. The zero-order chi connectivity index (χ0) is 32.8. The molecule has 0 aromatic heterocycles. The number of likely N-dealkylation sites (N-methyl/N-ethyl adjacent to an activating group) is 1. The lowest BCUT2D eigenvalue weighted by molar-refractivity contribution is -0.176. The third kappa shape index (κ3) is 6.06. The van der Waals surface area contributed by atoms with E-state index in [0.717, 1.165) is 24.9 Å². The van der Waals surface area contributed by atoms with E-state index in [0.29, 0.717) is 28.9 Å². The molecule has 2 fully saturated rings. The Kier molecular flexibility index (Phi) is 9.45. The molecule has 2 aromatic carbocycles. The number of rotatable bonds is 9. The first-order chi connectivity index (χ1) is 20.3. The normalized spacial score (nSPS) is 25.4. The Bertz CT molecular complexity index is 1450. The number of nitrogens with one attached hydrogen (secondary N) is 2. The summed E-state index contributed by atoms with van der Waals surface area (Å²) >= 11 is 0. The zero-order valence-corrected chi connectivity index (χ0v) is 27.4. The van der Waals surface area contributed by atoms with Gasteiger partial charge in [0.05, 0.1) is 12.2 Å². The molecule has 44 heavy (non-hydrogen) atoms. The maximum absolute atomic E-state index is 15.4. The van der Waals surface area contributed by atoms with Gasteiger partial charge in [-0.2, -0.15) is 0 Å². The number of carbonyl (C=O) groups excluding carboxylic acids is 3. The van der Waals surface area contributed by atoms with Crippen molar-refractivity contribution in [3.8, 4) is 0 Å². The van der Waals surface area contributed by atoms with E-state index in [9.17, 15) is 19.5 Å². The molecule has 3 atom stereocenters. The summed E-state index contributed by atoms with van der Waals surface area (Å²) in [4.78, 5) is 41.9. The standard InChI is InChI=1S/C28H41B6FN4O5/c1-15-10-39(11-16(2)44-15)12-17-7-8-21(35)20(9-17)27(31,32)37-22-6-4-5-18(14-40)19(22)13-38(3)26(43)24(42)36-23(41)25(29,30)28(26,33)34/h4-9,14-16,37,43H,10-13,29-34H2,1-3H3,(H,36,41,42). The Balaban J connectivity index is 1.66. The van der Waals surface area contributed by atoms with Crippen LogP contribution in [0.2, 0.25) is 10.4 Å². The maximum Gasteiger partial charge on any atom is 0.273 e. The van der Waals surface area contributed by atoms with Gasteiger partial charge in [0.25, 0.3) is 5.91 Å². The van der Waals surface area contributed by atoms with Gasteiger partial charge in [-0.15, -0.1) is 0 Å². The maximum atomic E-state index is 15.4. The first-order valence-electron chi connectivity index (χ1n) is 15.2. The average molecular weight is 598 g/mol. The number of amides is 2. The largest absolute Gasteiger partial charge is 0.391 e. The topological polar surface area (TPSA) is 111 Å². The van der Waals surface area contributed by atoms with Gasteiger partial charge in [0.2, 0.25) is 5.91 Å². The third-order valence-corrected chi connectivity index (χ3v) is 9.88. The van der Waals surface area contributed by atoms with Gasteiger partial charge in [-0.25, -0.2) is 4.39 Å². The van der Waals surface area contributed by atoms with Crippen molar-refractivity contribution in [2.45, 2.75) is 60.6 Å². The quantitative estimate of drug-likeness (QED) is 0.117. The summed E-state index contributed by atoms with van der Waals surface area (Å²) < 4.78 is 21.3. The lowest BCUT2D eigenvalue weighted by atomic mass is 9.25. The number of imide groups is 1. The molecule has 0 spiro atoms. The van der Waals surface area contributed by atoms with Crippen LogP contribution in [0.1, 0.15) is 40.9 Å². The van der Waals surface area contributed by atoms with Crippen molar-refractivity contribution in [3.05, 3.63) is 64.5 Å². The van der Waals surface area contributed by atoms with E-state index in [1.54, 1.807) is 62.7 Å². The van der Waals surface area contributed by atoms with Crippen LogP contribution in [0.3, 0.4) is 0 Å². The van der Waals surface area contributed by atoms with E-state index < -0.39 is 33.3 Å². The Morgan fingerprint density at radius 1 is 1.14 bits per heavy atom. The number of piperidine rings is 1. The smallest absolute Gasteiger partial charge is 0.273 e. The van der Waals surface area contributed by atoms with Crippen molar-refractivity contribution in [2.24, 2.45) is 0 Å². The van der Waals surface area contributed by atoms with Gasteiger partial charge >= 0.3 is 0 Å². The molecule has 2 aliphatic rings. The number of benzene rings is 2. The van der Waals surface area contributed by atoms with Gasteiger partial charge < -0.3 is 15.2 Å². The highest BCUT2D eigenvalue weighted by Gasteiger charge is 2.64. The summed E-state index contributed by atoms with van der Waals surface area (Å²) in [5.74, 6) is -1.65. The minimum Gasteiger partial charge on any atom is -0.391 e. The summed E-state index contributed by atoms with van der Waals surface area (Å²) in [5.41, 5.74) is 0.798. The number of aliphatic hydroxyl groups is 1. The molecular formula is C28H41B6FN4O5. The predicted octanol–water partition coefficient (Wildman–Crippen LogP) is -3.72. The second kappa shape index (κ2) is 12.2. The van der Waals surface area contributed by atoms with Gasteiger partial charge in [0, 0.05) is 42.8 Å². The van der Waals surface area contributed by atoms with E-state index in [4.69, 9.17) is 4.74 Å². The van der Waals surface area contributed by atoms with Crippen LogP contribution in [0, 0.1) is 5.82 Å². The second-order valence-corrected chi connectivity index (χ2v) is 14.1. The SMILES string of the molecule is BC(B)(Nc1cccc(C=O)c1CN(C)C1(O)C(=O)NC(=O)C(B)(B)C1(B)B)c1cc(CN2CC(C)OC(C)C2)ccc1F. The van der Waals surface area contributed by atoms with E-state index in [1.165, 1.54) is 11.0 Å². The number of hydrogen-bond acceptors (Lipinski definition) is 8. The summed E-state index contributed by atoms with van der Waals surface area (Å²) in [5, 5.41) is 14.5. The van der Waals surface area contributed by atoms with Crippen molar-refractivity contribution >= 4 is 70.9 Å². The van der Waals surface area contributed by atoms with Crippen molar-refractivity contribution < 1.29 is 28.6 Å². The zero-order valence-electron chi connectivity index (χ0n) is 27.4. The minimum absolute atomic E-state index is 0.0130. The molecule has 0 aliphatic carbocycles. The second-order valence-electron chi connectivity index (χ2n) is 14.1. The number of ether oxygens (including phenoxy) is 1. The average Bonchev–Trinajstić information content (AvgIpc) is 2.92. The van der Waals surface area contributed by atoms with Crippen LogP contribution in [0.15, 0.2) is 36.4 Å². The number of carbonyl (C=O) groups is 3. The van der Waals surface area contributed by atoms with Gasteiger partial charge in [0.15, 0.2) is 5.72 Å². The summed E-state index contributed by atoms with van der Waals surface area (Å²) in [6, 6.07) is 10.3. The number of morpholine rings is 1. The van der Waals surface area contributed by atoms with Crippen LogP contribution >= 0.6 is 0 Å². The van der Waals surface area contributed by atoms with E-state index in [-0.39, 0.29) is 24.6 Å². The van der Waals surface area contributed by atoms with Gasteiger partial charge in [-0.3, -0.25) is 29.5 Å². The van der Waals surface area contributed by atoms with Gasteiger partial charge in [0.1, 0.15) is 59.2 Å². The Labute approximate surface area is 264 Å². The fourth-order valence-corrected chi connectivity index (χ4v) is 6.59.